The Labute approximate surface area is 97.2 Å². The van der Waals surface area contributed by atoms with Crippen LogP contribution in [0, 0.1) is 10.1 Å². The van der Waals surface area contributed by atoms with Crippen molar-refractivity contribution in [2.45, 2.75) is 6.04 Å². The standard InChI is InChI=1S/C10H12N2O5/c1-11-9(10(13)14)6-17-8-4-2-7(3-5-8)12(15)16/h2-5,9,11H,6H2,1H3,(H,13,14). The lowest BCUT2D eigenvalue weighted by Crippen LogP contribution is -2.39. The van der Waals surface area contributed by atoms with E-state index in [0.717, 1.165) is 0 Å². The molecule has 0 saturated heterocycles. The highest BCUT2D eigenvalue weighted by Gasteiger charge is 2.15. The summed E-state index contributed by atoms with van der Waals surface area (Å²) in [5.74, 6) is -0.633. The van der Waals surface area contributed by atoms with Crippen molar-refractivity contribution < 1.29 is 19.6 Å². The van der Waals surface area contributed by atoms with Gasteiger partial charge in [0.05, 0.1) is 4.92 Å². The Morgan fingerprint density at radius 2 is 2.12 bits per heavy atom. The first-order chi connectivity index (χ1) is 8.04. The summed E-state index contributed by atoms with van der Waals surface area (Å²) in [5, 5.41) is 21.7. The van der Waals surface area contributed by atoms with Gasteiger partial charge in [0.1, 0.15) is 18.4 Å². The van der Waals surface area contributed by atoms with Crippen LogP contribution in [0.5, 0.6) is 5.75 Å². The number of hydrogen-bond donors (Lipinski definition) is 2. The molecule has 1 atom stereocenters. The number of non-ortho nitro benzene ring substituents is 1. The zero-order chi connectivity index (χ0) is 12.8. The molecule has 1 rings (SSSR count). The van der Waals surface area contributed by atoms with E-state index in [4.69, 9.17) is 9.84 Å². The number of carboxylic acids is 1. The van der Waals surface area contributed by atoms with Gasteiger partial charge in [0.25, 0.3) is 5.69 Å². The maximum atomic E-state index is 10.7. The number of benzene rings is 1. The smallest absolute Gasteiger partial charge is 0.324 e. The summed E-state index contributed by atoms with van der Waals surface area (Å²) in [6.45, 7) is -0.0519. The molecular weight excluding hydrogens is 228 g/mol. The lowest BCUT2D eigenvalue weighted by Gasteiger charge is -2.12. The fourth-order valence-electron chi connectivity index (χ4n) is 1.12. The minimum atomic E-state index is -1.02. The van der Waals surface area contributed by atoms with Crippen molar-refractivity contribution >= 4 is 11.7 Å². The topological polar surface area (TPSA) is 102 Å². The lowest BCUT2D eigenvalue weighted by molar-refractivity contribution is -0.384. The molecule has 0 aromatic heterocycles. The number of likely N-dealkylation sites (N-methyl/N-ethyl adjacent to an activating group) is 1. The van der Waals surface area contributed by atoms with E-state index in [1.807, 2.05) is 0 Å². The zero-order valence-corrected chi connectivity index (χ0v) is 9.12. The van der Waals surface area contributed by atoms with Gasteiger partial charge in [-0.2, -0.15) is 0 Å². The van der Waals surface area contributed by atoms with Gasteiger partial charge in [0.15, 0.2) is 0 Å². The molecule has 0 saturated carbocycles. The molecule has 0 aliphatic rings. The van der Waals surface area contributed by atoms with E-state index in [9.17, 15) is 14.9 Å². The van der Waals surface area contributed by atoms with Crippen LogP contribution >= 0.6 is 0 Å². The summed E-state index contributed by atoms with van der Waals surface area (Å²) in [5.41, 5.74) is -0.0410. The minimum absolute atomic E-state index is 0.0410. The monoisotopic (exact) mass is 240 g/mol. The highest BCUT2D eigenvalue weighted by atomic mass is 16.6. The Morgan fingerprint density at radius 3 is 2.53 bits per heavy atom. The molecule has 17 heavy (non-hydrogen) atoms. The van der Waals surface area contributed by atoms with E-state index in [1.54, 1.807) is 0 Å². The van der Waals surface area contributed by atoms with Crippen LogP contribution in [0.4, 0.5) is 5.69 Å². The van der Waals surface area contributed by atoms with E-state index in [0.29, 0.717) is 5.75 Å². The zero-order valence-electron chi connectivity index (χ0n) is 9.12. The van der Waals surface area contributed by atoms with Gasteiger partial charge < -0.3 is 15.2 Å². The molecule has 0 spiro atoms. The first-order valence-electron chi connectivity index (χ1n) is 4.82. The van der Waals surface area contributed by atoms with Gasteiger partial charge >= 0.3 is 5.97 Å². The Morgan fingerprint density at radius 1 is 1.53 bits per heavy atom. The molecule has 1 aromatic rings. The molecule has 1 unspecified atom stereocenters. The second kappa shape index (κ2) is 5.80. The summed E-state index contributed by atoms with van der Waals surface area (Å²) in [4.78, 5) is 20.5. The summed E-state index contributed by atoms with van der Waals surface area (Å²) < 4.78 is 5.19. The van der Waals surface area contributed by atoms with Crippen LogP contribution in [0.3, 0.4) is 0 Å². The minimum Gasteiger partial charge on any atom is -0.491 e. The first-order valence-corrected chi connectivity index (χ1v) is 4.82. The van der Waals surface area contributed by atoms with Gasteiger partial charge in [-0.05, 0) is 19.2 Å². The van der Waals surface area contributed by atoms with Gasteiger partial charge in [0.2, 0.25) is 0 Å². The van der Waals surface area contributed by atoms with Crippen LogP contribution < -0.4 is 10.1 Å². The van der Waals surface area contributed by atoms with Crippen LogP contribution in [0.1, 0.15) is 0 Å². The average molecular weight is 240 g/mol. The largest absolute Gasteiger partial charge is 0.491 e. The molecule has 0 amide bonds. The van der Waals surface area contributed by atoms with Crippen molar-refractivity contribution in [3.05, 3.63) is 34.4 Å². The third-order valence-electron chi connectivity index (χ3n) is 2.11. The van der Waals surface area contributed by atoms with E-state index >= 15 is 0 Å². The maximum absolute atomic E-state index is 10.7. The van der Waals surface area contributed by atoms with Gasteiger partial charge in [-0.25, -0.2) is 0 Å². The van der Waals surface area contributed by atoms with E-state index in [1.165, 1.54) is 31.3 Å². The summed E-state index contributed by atoms with van der Waals surface area (Å²) in [7, 11) is 1.51. The fourth-order valence-corrected chi connectivity index (χ4v) is 1.12. The number of carbonyl (C=O) groups is 1. The van der Waals surface area contributed by atoms with E-state index in [-0.39, 0.29) is 12.3 Å². The van der Waals surface area contributed by atoms with Crippen LogP contribution in [0.15, 0.2) is 24.3 Å². The van der Waals surface area contributed by atoms with Gasteiger partial charge in [0, 0.05) is 12.1 Å². The molecule has 0 aliphatic carbocycles. The molecular formula is C10H12N2O5. The molecule has 0 fully saturated rings. The second-order valence-electron chi connectivity index (χ2n) is 3.24. The summed E-state index contributed by atoms with van der Waals surface area (Å²) >= 11 is 0. The molecule has 0 radical (unpaired) electrons. The van der Waals surface area contributed by atoms with Crippen LogP contribution in [-0.2, 0) is 4.79 Å². The molecule has 0 heterocycles. The lowest BCUT2D eigenvalue weighted by atomic mass is 10.3. The third kappa shape index (κ3) is 3.72. The normalized spacial score (nSPS) is 11.8. The third-order valence-corrected chi connectivity index (χ3v) is 2.11. The molecule has 2 N–H and O–H groups in total. The number of carboxylic acid groups (broad SMARTS) is 1. The predicted molar refractivity (Wildman–Crippen MR) is 59.1 cm³/mol. The SMILES string of the molecule is CNC(COc1ccc([N+](=O)[O-])cc1)C(=O)O. The van der Waals surface area contributed by atoms with Gasteiger partial charge in [-0.1, -0.05) is 0 Å². The number of ether oxygens (including phenoxy) is 1. The summed E-state index contributed by atoms with van der Waals surface area (Å²) in [6, 6.07) is 4.62. The van der Waals surface area contributed by atoms with Crippen molar-refractivity contribution in [3.63, 3.8) is 0 Å². The van der Waals surface area contributed by atoms with Crippen LogP contribution in [0.25, 0.3) is 0 Å². The van der Waals surface area contributed by atoms with Crippen molar-refractivity contribution in [3.8, 4) is 5.75 Å². The number of nitrogens with zero attached hydrogens (tertiary/aromatic N) is 1. The highest BCUT2D eigenvalue weighted by molar-refractivity contribution is 5.73. The predicted octanol–water partition coefficient (Wildman–Crippen LogP) is 0.646. The number of nitrogens with one attached hydrogen (secondary N) is 1. The number of nitro benzene ring substituents is 1. The van der Waals surface area contributed by atoms with Crippen molar-refractivity contribution in [1.29, 1.82) is 0 Å². The Hall–Kier alpha value is -2.15. The molecule has 7 nitrogen and oxygen atoms in total. The molecule has 1 aromatic carbocycles. The van der Waals surface area contributed by atoms with Gasteiger partial charge in [-0.15, -0.1) is 0 Å². The highest BCUT2D eigenvalue weighted by Crippen LogP contribution is 2.17. The van der Waals surface area contributed by atoms with Gasteiger partial charge in [-0.3, -0.25) is 14.9 Å². The maximum Gasteiger partial charge on any atom is 0.324 e. The van der Waals surface area contributed by atoms with Crippen molar-refractivity contribution in [2.75, 3.05) is 13.7 Å². The fraction of sp³-hybridized carbons (Fsp3) is 0.300. The number of rotatable bonds is 6. The van der Waals surface area contributed by atoms with E-state index < -0.39 is 16.9 Å². The average Bonchev–Trinajstić information content (AvgIpc) is 2.30. The molecule has 0 aliphatic heterocycles. The number of aliphatic carboxylic acids is 1. The Kier molecular flexibility index (Phi) is 4.41. The first kappa shape index (κ1) is 12.9. The molecule has 92 valence electrons. The summed E-state index contributed by atoms with van der Waals surface area (Å²) in [6.07, 6.45) is 0. The van der Waals surface area contributed by atoms with Crippen LogP contribution in [0.2, 0.25) is 0 Å². The van der Waals surface area contributed by atoms with Crippen molar-refractivity contribution in [1.82, 2.24) is 5.32 Å². The number of nitro groups is 1. The quantitative estimate of drug-likeness (QED) is 0.559. The second-order valence-corrected chi connectivity index (χ2v) is 3.24. The molecule has 7 heteroatoms. The Bertz CT molecular complexity index is 404. The number of hydrogen-bond acceptors (Lipinski definition) is 5. The Balaban J connectivity index is 2.58. The molecule has 0 bridgehead atoms. The van der Waals surface area contributed by atoms with Crippen LogP contribution in [-0.4, -0.2) is 35.7 Å². The van der Waals surface area contributed by atoms with E-state index in [2.05, 4.69) is 5.32 Å². The van der Waals surface area contributed by atoms with Crippen molar-refractivity contribution in [2.24, 2.45) is 0 Å².